The molecular formula is C15H14O6. The van der Waals surface area contributed by atoms with Crippen LogP contribution in [0.1, 0.15) is 43.6 Å². The Balaban J connectivity index is 2.69. The number of allylic oxidation sites excluding steroid dienone is 2. The number of hydrogen-bond acceptors (Lipinski definition) is 5. The molecule has 2 N–H and O–H groups in total. The van der Waals surface area contributed by atoms with Gasteiger partial charge in [-0.1, -0.05) is 0 Å². The number of methoxy groups -OCH3 is 1. The van der Waals surface area contributed by atoms with E-state index < -0.39 is 23.6 Å². The van der Waals surface area contributed by atoms with Gasteiger partial charge in [-0.3, -0.25) is 9.59 Å². The maximum Gasteiger partial charge on any atom is 0.335 e. The predicted molar refractivity (Wildman–Crippen MR) is 72.5 cm³/mol. The number of aromatic carboxylic acids is 1. The van der Waals surface area contributed by atoms with Crippen molar-refractivity contribution < 1.29 is 29.3 Å². The number of ketones is 2. The molecule has 1 aromatic carbocycles. The lowest BCUT2D eigenvalue weighted by atomic mass is 9.86. The number of carboxylic acid groups (broad SMARTS) is 1. The molecule has 0 radical (unpaired) electrons. The van der Waals surface area contributed by atoms with Crippen molar-refractivity contribution in [3.05, 3.63) is 46.2 Å². The molecule has 1 aliphatic carbocycles. The van der Waals surface area contributed by atoms with Crippen molar-refractivity contribution in [2.24, 2.45) is 0 Å². The van der Waals surface area contributed by atoms with Crippen LogP contribution in [-0.2, 0) is 11.2 Å². The Morgan fingerprint density at radius 2 is 2.00 bits per heavy atom. The highest BCUT2D eigenvalue weighted by Crippen LogP contribution is 2.27. The third kappa shape index (κ3) is 2.71. The summed E-state index contributed by atoms with van der Waals surface area (Å²) in [7, 11) is 1.26. The van der Waals surface area contributed by atoms with E-state index in [1.54, 1.807) is 0 Å². The van der Waals surface area contributed by atoms with Crippen LogP contribution in [0.4, 0.5) is 0 Å². The molecule has 0 amide bonds. The molecule has 0 heterocycles. The van der Waals surface area contributed by atoms with Crippen molar-refractivity contribution in [3.63, 3.8) is 0 Å². The first-order valence-electron chi connectivity index (χ1n) is 6.28. The molecule has 110 valence electrons. The molecule has 1 unspecified atom stereocenters. The maximum absolute atomic E-state index is 12.2. The second-order valence-electron chi connectivity index (χ2n) is 4.82. The number of fused-ring (bicyclic) bond motifs is 1. The summed E-state index contributed by atoms with van der Waals surface area (Å²) in [5, 5.41) is 18.6. The number of Topliss-reactive ketones (excluding diaryl/α,β-unsaturated/α-hetero) is 1. The summed E-state index contributed by atoms with van der Waals surface area (Å²) in [6.45, 7) is 1.52. The van der Waals surface area contributed by atoms with Crippen LogP contribution in [0.15, 0.2) is 24.0 Å². The molecule has 6 nitrogen and oxygen atoms in total. The van der Waals surface area contributed by atoms with Crippen molar-refractivity contribution in [1.29, 1.82) is 0 Å². The summed E-state index contributed by atoms with van der Waals surface area (Å²) in [6, 6.07) is 2.47. The Hall–Kier alpha value is -2.47. The van der Waals surface area contributed by atoms with Crippen LogP contribution < -0.4 is 0 Å². The molecule has 0 fully saturated rings. The fraction of sp³-hybridized carbons (Fsp3) is 0.267. The van der Waals surface area contributed by atoms with Crippen molar-refractivity contribution in [2.75, 3.05) is 7.11 Å². The lowest BCUT2D eigenvalue weighted by molar-refractivity contribution is 0.0696. The average molecular weight is 290 g/mol. The molecule has 1 aromatic rings. The molecular weight excluding hydrogens is 276 g/mol. The normalized spacial score (nSPS) is 15.3. The highest BCUT2D eigenvalue weighted by molar-refractivity contribution is 6.24. The fourth-order valence-corrected chi connectivity index (χ4v) is 2.32. The van der Waals surface area contributed by atoms with Crippen LogP contribution in [-0.4, -0.2) is 41.0 Å². The van der Waals surface area contributed by atoms with Gasteiger partial charge >= 0.3 is 5.97 Å². The average Bonchev–Trinajstić information content (AvgIpc) is 2.41. The lowest BCUT2D eigenvalue weighted by Crippen LogP contribution is -2.22. The second-order valence-corrected chi connectivity index (χ2v) is 4.82. The fourth-order valence-electron chi connectivity index (χ4n) is 2.32. The van der Waals surface area contributed by atoms with E-state index in [0.29, 0.717) is 5.56 Å². The minimum atomic E-state index is -1.21. The number of hydrogen-bond donors (Lipinski definition) is 2. The minimum absolute atomic E-state index is 0.00472. The van der Waals surface area contributed by atoms with Gasteiger partial charge in [-0.2, -0.15) is 0 Å². The molecule has 1 atom stereocenters. The first kappa shape index (κ1) is 14.9. The molecule has 0 saturated carbocycles. The van der Waals surface area contributed by atoms with E-state index in [0.717, 1.165) is 12.1 Å². The monoisotopic (exact) mass is 290 g/mol. The number of benzene rings is 1. The summed E-state index contributed by atoms with van der Waals surface area (Å²) in [4.78, 5) is 35.5. The van der Waals surface area contributed by atoms with Crippen molar-refractivity contribution in [2.45, 2.75) is 19.4 Å². The van der Waals surface area contributed by atoms with E-state index in [4.69, 9.17) is 9.84 Å². The summed E-state index contributed by atoms with van der Waals surface area (Å²) < 4.78 is 4.85. The van der Waals surface area contributed by atoms with Gasteiger partial charge in [-0.25, -0.2) is 4.79 Å². The van der Waals surface area contributed by atoms with Gasteiger partial charge in [0.2, 0.25) is 5.78 Å². The van der Waals surface area contributed by atoms with Crippen LogP contribution >= 0.6 is 0 Å². The summed E-state index contributed by atoms with van der Waals surface area (Å²) in [5.41, 5.74) is 0.356. The zero-order valence-corrected chi connectivity index (χ0v) is 11.5. The minimum Gasteiger partial charge on any atom is -0.492 e. The molecule has 21 heavy (non-hydrogen) atoms. The number of carbonyl (C=O) groups excluding carboxylic acids is 2. The zero-order valence-electron chi connectivity index (χ0n) is 11.5. The highest BCUT2D eigenvalue weighted by atomic mass is 16.5. The second kappa shape index (κ2) is 5.49. The molecule has 1 aliphatic rings. The topological polar surface area (TPSA) is 101 Å². The number of ether oxygens (including phenoxy) is 1. The number of carboxylic acids is 1. The van der Waals surface area contributed by atoms with E-state index in [9.17, 15) is 19.5 Å². The van der Waals surface area contributed by atoms with Gasteiger partial charge in [0, 0.05) is 17.2 Å². The standard InChI is InChI=1S/C15H14O6/c1-7(16)3-8-4-9(15(19)20)5-10-13(8)11(17)6-12(21-2)14(10)18/h4-7,16H,3H2,1-2H3,(H,19,20). The molecule has 2 rings (SSSR count). The molecule has 0 aliphatic heterocycles. The van der Waals surface area contributed by atoms with Crippen molar-refractivity contribution in [1.82, 2.24) is 0 Å². The smallest absolute Gasteiger partial charge is 0.335 e. The Bertz CT molecular complexity index is 669. The van der Waals surface area contributed by atoms with Gasteiger partial charge in [-0.15, -0.1) is 0 Å². The molecule has 0 aromatic heterocycles. The van der Waals surface area contributed by atoms with Gasteiger partial charge in [0.1, 0.15) is 0 Å². The molecule has 0 bridgehead atoms. The molecule has 0 spiro atoms. The molecule has 6 heteroatoms. The van der Waals surface area contributed by atoms with E-state index in [-0.39, 0.29) is 28.9 Å². The van der Waals surface area contributed by atoms with E-state index in [1.165, 1.54) is 20.1 Å². The third-order valence-electron chi connectivity index (χ3n) is 3.18. The van der Waals surface area contributed by atoms with Crippen LogP contribution in [0.5, 0.6) is 0 Å². The first-order chi connectivity index (χ1) is 9.85. The summed E-state index contributed by atoms with van der Waals surface area (Å²) in [6.07, 6.45) is 0.392. The van der Waals surface area contributed by atoms with Crippen LogP contribution in [0.3, 0.4) is 0 Å². The van der Waals surface area contributed by atoms with Crippen LogP contribution in [0, 0.1) is 0 Å². The Labute approximate surface area is 120 Å². The summed E-state index contributed by atoms with van der Waals surface area (Å²) in [5.74, 6) is -2.31. The predicted octanol–water partition coefficient (Wildman–Crippen LogP) is 1.22. The molecule has 0 saturated heterocycles. The van der Waals surface area contributed by atoms with Gasteiger partial charge in [-0.05, 0) is 31.0 Å². The SMILES string of the molecule is COC1=CC(=O)c2c(CC(C)O)cc(C(=O)O)cc2C1=O. The van der Waals surface area contributed by atoms with E-state index >= 15 is 0 Å². The van der Waals surface area contributed by atoms with Crippen LogP contribution in [0.2, 0.25) is 0 Å². The Morgan fingerprint density at radius 1 is 1.33 bits per heavy atom. The Kier molecular flexibility index (Phi) is 3.90. The first-order valence-corrected chi connectivity index (χ1v) is 6.28. The van der Waals surface area contributed by atoms with Gasteiger partial charge < -0.3 is 14.9 Å². The largest absolute Gasteiger partial charge is 0.492 e. The lowest BCUT2D eigenvalue weighted by Gasteiger charge is -2.19. The number of aliphatic hydroxyl groups excluding tert-OH is 1. The third-order valence-corrected chi connectivity index (χ3v) is 3.18. The van der Waals surface area contributed by atoms with E-state index in [1.807, 2.05) is 0 Å². The highest BCUT2D eigenvalue weighted by Gasteiger charge is 2.30. The van der Waals surface area contributed by atoms with Gasteiger partial charge in [0.05, 0.1) is 18.8 Å². The number of carbonyl (C=O) groups is 3. The summed E-state index contributed by atoms with van der Waals surface area (Å²) >= 11 is 0. The van der Waals surface area contributed by atoms with E-state index in [2.05, 4.69) is 0 Å². The zero-order chi connectivity index (χ0) is 15.7. The van der Waals surface area contributed by atoms with Gasteiger partial charge in [0.15, 0.2) is 11.5 Å². The van der Waals surface area contributed by atoms with Crippen molar-refractivity contribution >= 4 is 17.5 Å². The number of rotatable bonds is 4. The Morgan fingerprint density at radius 3 is 2.52 bits per heavy atom. The quantitative estimate of drug-likeness (QED) is 0.864. The van der Waals surface area contributed by atoms with Crippen LogP contribution in [0.25, 0.3) is 0 Å². The number of aliphatic hydroxyl groups is 1. The van der Waals surface area contributed by atoms with Gasteiger partial charge in [0.25, 0.3) is 0 Å². The van der Waals surface area contributed by atoms with Crippen molar-refractivity contribution in [3.8, 4) is 0 Å². The maximum atomic E-state index is 12.2.